The zero-order chi connectivity index (χ0) is 33.7. The van der Waals surface area contributed by atoms with E-state index in [9.17, 15) is 29.4 Å². The van der Waals surface area contributed by atoms with Gasteiger partial charge in [-0.15, -0.1) is 0 Å². The highest BCUT2D eigenvalue weighted by molar-refractivity contribution is 5.78. The van der Waals surface area contributed by atoms with E-state index in [0.29, 0.717) is 61.3 Å². The minimum atomic E-state index is -1.17. The number of hydrogen-bond acceptors (Lipinski definition) is 12. The van der Waals surface area contributed by atoms with Crippen molar-refractivity contribution < 1.29 is 34.8 Å². The molecule has 2 aliphatic rings. The van der Waals surface area contributed by atoms with Gasteiger partial charge in [0.2, 0.25) is 0 Å². The van der Waals surface area contributed by atoms with Crippen molar-refractivity contribution in [1.29, 1.82) is 0 Å². The lowest BCUT2D eigenvalue weighted by atomic mass is 10.0. The largest absolute Gasteiger partial charge is 0.481 e. The number of nitrogens with two attached hydrogens (primary N) is 1. The van der Waals surface area contributed by atoms with Crippen molar-refractivity contribution >= 4 is 34.0 Å². The standard InChI is InChI=1S/C24H30N8O5.C5H9NO4/c33-9-15-5-31(3-13-1-25-21-19(13)27-11-29-23(21)35)7-17(15)37-18-8-32(6-16(18)10-34)4-14-2-26-22-20(14)28-12-30-24(22)36;6-3(5(9)10)1-2-4(7)8/h1-2,11-12,15-18,25-26,33-34H,3-10H2,(H,27,29,35)(H,28,30,36);3H,1-2,6H2,(H,7,8)(H,9,10)/t15-,16-,17+,18?;3-/m10/s1. The number of aliphatic hydroxyl groups excluding tert-OH is 2. The van der Waals surface area contributed by atoms with Gasteiger partial charge in [-0.2, -0.15) is 0 Å². The minimum Gasteiger partial charge on any atom is -0.481 e. The number of likely N-dealkylation sites (tertiary alicyclic amines) is 2. The maximum absolute atomic E-state index is 12.0. The van der Waals surface area contributed by atoms with Crippen molar-refractivity contribution in [3.05, 3.63) is 56.9 Å². The molecule has 0 amide bonds. The maximum atomic E-state index is 12.0. The Labute approximate surface area is 266 Å². The van der Waals surface area contributed by atoms with E-state index in [1.54, 1.807) is 12.4 Å². The molecule has 5 atom stereocenters. The molecule has 0 aromatic carbocycles. The van der Waals surface area contributed by atoms with E-state index in [-0.39, 0.29) is 61.2 Å². The molecule has 1 unspecified atom stereocenters. The predicted molar refractivity (Wildman–Crippen MR) is 166 cm³/mol. The van der Waals surface area contributed by atoms with Crippen LogP contribution in [0.2, 0.25) is 0 Å². The van der Waals surface area contributed by atoms with Gasteiger partial charge in [0.05, 0.1) is 35.9 Å². The number of H-pyrrole nitrogens is 4. The summed E-state index contributed by atoms with van der Waals surface area (Å²) in [6, 6.07) is -1.06. The fraction of sp³-hybridized carbons (Fsp3) is 0.517. The van der Waals surface area contributed by atoms with Gasteiger partial charge in [-0.25, -0.2) is 9.97 Å². The number of carboxylic acid groups (broad SMARTS) is 2. The van der Waals surface area contributed by atoms with E-state index in [1.807, 2.05) is 0 Å². The number of aromatic amines is 4. The molecule has 10 N–H and O–H groups in total. The first-order chi connectivity index (χ1) is 22.6. The summed E-state index contributed by atoms with van der Waals surface area (Å²) in [6.07, 6.45) is 5.83. The number of nitrogens with zero attached hydrogens (tertiary/aromatic N) is 4. The zero-order valence-electron chi connectivity index (χ0n) is 25.5. The van der Waals surface area contributed by atoms with Gasteiger partial charge in [0, 0.05) is 94.3 Å². The maximum Gasteiger partial charge on any atom is 0.320 e. The predicted octanol–water partition coefficient (Wildman–Crippen LogP) is -1.62. The quantitative estimate of drug-likeness (QED) is 0.0828. The van der Waals surface area contributed by atoms with Crippen LogP contribution in [0.25, 0.3) is 22.1 Å². The number of aromatic nitrogens is 6. The molecule has 0 radical (unpaired) electrons. The molecule has 254 valence electrons. The Kier molecular flexibility index (Phi) is 10.8. The molecular formula is C29H39N9O9. The van der Waals surface area contributed by atoms with Crippen LogP contribution in [0.15, 0.2) is 34.6 Å². The second-order valence-corrected chi connectivity index (χ2v) is 11.9. The first kappa shape index (κ1) is 33.9. The highest BCUT2D eigenvalue weighted by Gasteiger charge is 2.40. The van der Waals surface area contributed by atoms with Crippen molar-refractivity contribution in [2.24, 2.45) is 17.6 Å². The molecule has 6 rings (SSSR count). The van der Waals surface area contributed by atoms with E-state index in [2.05, 4.69) is 39.7 Å². The molecule has 47 heavy (non-hydrogen) atoms. The van der Waals surface area contributed by atoms with Crippen molar-refractivity contribution in [2.45, 2.75) is 44.2 Å². The van der Waals surface area contributed by atoms with Gasteiger partial charge in [0.25, 0.3) is 11.1 Å². The molecule has 2 saturated heterocycles. The number of fused-ring (bicyclic) bond motifs is 2. The van der Waals surface area contributed by atoms with Gasteiger partial charge < -0.3 is 50.8 Å². The summed E-state index contributed by atoms with van der Waals surface area (Å²) in [7, 11) is 0. The fourth-order valence-electron chi connectivity index (χ4n) is 6.13. The second kappa shape index (κ2) is 15.0. The Hall–Kier alpha value is -4.46. The molecular weight excluding hydrogens is 618 g/mol. The summed E-state index contributed by atoms with van der Waals surface area (Å²) in [5.74, 6) is -2.31. The molecule has 0 saturated carbocycles. The summed E-state index contributed by atoms with van der Waals surface area (Å²) in [5, 5.41) is 36.4. The normalized spacial score (nSPS) is 22.4. The second-order valence-electron chi connectivity index (χ2n) is 11.9. The number of rotatable bonds is 12. The van der Waals surface area contributed by atoms with Gasteiger partial charge in [0.15, 0.2) is 0 Å². The monoisotopic (exact) mass is 657 g/mol. The van der Waals surface area contributed by atoms with Crippen LogP contribution in [-0.4, -0.2) is 130 Å². The third-order valence-corrected chi connectivity index (χ3v) is 8.60. The minimum absolute atomic E-state index is 0.00273. The topological polar surface area (TPSA) is 280 Å². The number of ether oxygens (including phenoxy) is 1. The summed E-state index contributed by atoms with van der Waals surface area (Å²) >= 11 is 0. The number of nitrogens with one attached hydrogen (secondary N) is 4. The Bertz CT molecular complexity index is 1690. The first-order valence-corrected chi connectivity index (χ1v) is 15.2. The molecule has 0 aliphatic carbocycles. The lowest BCUT2D eigenvalue weighted by Crippen LogP contribution is -2.35. The Morgan fingerprint density at radius 1 is 0.830 bits per heavy atom. The third kappa shape index (κ3) is 7.92. The fourth-order valence-corrected chi connectivity index (χ4v) is 6.13. The van der Waals surface area contributed by atoms with E-state index < -0.39 is 18.0 Å². The number of carbonyl (C=O) groups is 2. The number of carboxylic acids is 2. The SMILES string of the molecule is N[C@@H](CCC(=O)O)C(=O)O.O=c1[nH]cnc2c(CN3CC(O[C@H]4CN(Cc5c[nH]c6c(=O)[nH]cnc56)C[C@@H]4CO)[C@@H](CO)C3)c[nH]c12. The van der Waals surface area contributed by atoms with E-state index >= 15 is 0 Å². The molecule has 6 heterocycles. The molecule has 0 bridgehead atoms. The van der Waals surface area contributed by atoms with Crippen LogP contribution in [0.1, 0.15) is 24.0 Å². The van der Waals surface area contributed by atoms with Gasteiger partial charge in [0.1, 0.15) is 17.1 Å². The van der Waals surface area contributed by atoms with Crippen LogP contribution in [-0.2, 0) is 27.4 Å². The van der Waals surface area contributed by atoms with Crippen molar-refractivity contribution in [3.8, 4) is 0 Å². The smallest absolute Gasteiger partial charge is 0.320 e. The van der Waals surface area contributed by atoms with Crippen LogP contribution in [0.4, 0.5) is 0 Å². The van der Waals surface area contributed by atoms with E-state index in [4.69, 9.17) is 20.7 Å². The molecule has 4 aromatic rings. The molecule has 2 aliphatic heterocycles. The first-order valence-electron chi connectivity index (χ1n) is 15.2. The van der Waals surface area contributed by atoms with Crippen LogP contribution in [0.3, 0.4) is 0 Å². The average molecular weight is 658 g/mol. The van der Waals surface area contributed by atoms with Gasteiger partial charge >= 0.3 is 11.9 Å². The Morgan fingerprint density at radius 2 is 1.30 bits per heavy atom. The number of aliphatic hydroxyl groups is 2. The van der Waals surface area contributed by atoms with Gasteiger partial charge in [-0.05, 0) is 6.42 Å². The molecule has 0 spiro atoms. The highest BCUT2D eigenvalue weighted by atomic mass is 16.5. The Balaban J connectivity index is 0.000000378. The summed E-state index contributed by atoms with van der Waals surface area (Å²) in [4.78, 5) is 68.1. The van der Waals surface area contributed by atoms with Crippen LogP contribution < -0.4 is 16.9 Å². The van der Waals surface area contributed by atoms with Crippen LogP contribution in [0.5, 0.6) is 0 Å². The number of hydrogen-bond donors (Lipinski definition) is 9. The Morgan fingerprint density at radius 3 is 1.70 bits per heavy atom. The highest BCUT2D eigenvalue weighted by Crippen LogP contribution is 2.29. The van der Waals surface area contributed by atoms with Crippen LogP contribution >= 0.6 is 0 Å². The molecule has 2 fully saturated rings. The van der Waals surface area contributed by atoms with Crippen LogP contribution in [0, 0.1) is 11.8 Å². The summed E-state index contributed by atoms with van der Waals surface area (Å²) < 4.78 is 6.53. The van der Waals surface area contributed by atoms with Crippen molar-refractivity contribution in [1.82, 2.24) is 39.7 Å². The molecule has 18 nitrogen and oxygen atoms in total. The lowest BCUT2D eigenvalue weighted by Gasteiger charge is -2.25. The zero-order valence-corrected chi connectivity index (χ0v) is 25.5. The third-order valence-electron chi connectivity index (χ3n) is 8.60. The van der Waals surface area contributed by atoms with Gasteiger partial charge in [-0.1, -0.05) is 0 Å². The van der Waals surface area contributed by atoms with E-state index in [1.165, 1.54) is 12.7 Å². The molecule has 18 heteroatoms. The molecule has 4 aromatic heterocycles. The van der Waals surface area contributed by atoms with Crippen molar-refractivity contribution in [2.75, 3.05) is 39.4 Å². The summed E-state index contributed by atoms with van der Waals surface area (Å²) in [5.41, 5.74) is 8.64. The van der Waals surface area contributed by atoms with Gasteiger partial charge in [-0.3, -0.25) is 29.0 Å². The lowest BCUT2D eigenvalue weighted by molar-refractivity contribution is -0.139. The van der Waals surface area contributed by atoms with E-state index in [0.717, 1.165) is 11.1 Å². The summed E-state index contributed by atoms with van der Waals surface area (Å²) in [6.45, 7) is 3.75. The average Bonchev–Trinajstić information content (AvgIpc) is 3.83. The van der Waals surface area contributed by atoms with Crippen molar-refractivity contribution in [3.63, 3.8) is 0 Å². The number of aliphatic carboxylic acids is 2.